The van der Waals surface area contributed by atoms with E-state index in [4.69, 9.17) is 4.99 Å². The molecule has 0 saturated carbocycles. The zero-order valence-electron chi connectivity index (χ0n) is 13.8. The summed E-state index contributed by atoms with van der Waals surface area (Å²) in [4.78, 5) is 10.8. The second-order valence-corrected chi connectivity index (χ2v) is 6.33. The van der Waals surface area contributed by atoms with Crippen molar-refractivity contribution in [3.8, 4) is 0 Å². The van der Waals surface area contributed by atoms with E-state index in [1.165, 1.54) is 6.08 Å². The maximum Gasteiger partial charge on any atom is 0.416 e. The van der Waals surface area contributed by atoms with Gasteiger partial charge < -0.3 is 4.90 Å². The van der Waals surface area contributed by atoms with Crippen LogP contribution in [0.4, 0.5) is 13.2 Å². The van der Waals surface area contributed by atoms with Gasteiger partial charge in [-0.15, -0.1) is 0 Å². The molecule has 3 aliphatic rings. The number of rotatable bonds is 3. The van der Waals surface area contributed by atoms with Gasteiger partial charge in [-0.1, -0.05) is 25.7 Å². The van der Waals surface area contributed by atoms with Crippen LogP contribution < -0.4 is 0 Å². The Morgan fingerprint density at radius 1 is 1.46 bits per heavy atom. The Morgan fingerprint density at radius 3 is 2.79 bits per heavy atom. The molecule has 0 amide bonds. The molecule has 1 aliphatic carbocycles. The molecule has 6 heteroatoms. The van der Waals surface area contributed by atoms with Gasteiger partial charge in [-0.3, -0.25) is 9.98 Å². The lowest BCUT2D eigenvalue weighted by atomic mass is 9.84. The lowest BCUT2D eigenvalue weighted by molar-refractivity contribution is -0.0893. The quantitative estimate of drug-likeness (QED) is 0.759. The molecule has 24 heavy (non-hydrogen) atoms. The minimum absolute atomic E-state index is 0.360. The number of nitrogens with zero attached hydrogens (tertiary/aromatic N) is 3. The van der Waals surface area contributed by atoms with Crippen molar-refractivity contribution < 1.29 is 13.2 Å². The molecule has 0 spiro atoms. The van der Waals surface area contributed by atoms with Crippen LogP contribution in [-0.4, -0.2) is 41.3 Å². The first-order valence-corrected chi connectivity index (χ1v) is 8.01. The topological polar surface area (TPSA) is 28.0 Å². The van der Waals surface area contributed by atoms with Gasteiger partial charge in [-0.05, 0) is 37.5 Å². The fraction of sp³-hybridized carbons (Fsp3) is 0.444. The van der Waals surface area contributed by atoms with Gasteiger partial charge in [-0.2, -0.15) is 13.2 Å². The van der Waals surface area contributed by atoms with Crippen LogP contribution in [0, 0.1) is 0 Å². The average Bonchev–Trinajstić information content (AvgIpc) is 2.86. The number of amidine groups is 1. The highest BCUT2D eigenvalue weighted by atomic mass is 19.4. The summed E-state index contributed by atoms with van der Waals surface area (Å²) in [5, 5.41) is 0. The normalized spacial score (nSPS) is 29.1. The second kappa shape index (κ2) is 5.76. The third-order valence-electron chi connectivity index (χ3n) is 4.69. The lowest BCUT2D eigenvalue weighted by Crippen LogP contribution is -2.50. The fourth-order valence-corrected chi connectivity index (χ4v) is 3.35. The van der Waals surface area contributed by atoms with E-state index in [0.717, 1.165) is 23.8 Å². The molecule has 0 fully saturated rings. The summed E-state index contributed by atoms with van der Waals surface area (Å²) in [5.74, 6) is 0.713. The van der Waals surface area contributed by atoms with Gasteiger partial charge in [0, 0.05) is 18.5 Å². The predicted octanol–water partition coefficient (Wildman–Crippen LogP) is 4.21. The van der Waals surface area contributed by atoms with Crippen molar-refractivity contribution in [2.75, 3.05) is 6.54 Å². The van der Waals surface area contributed by atoms with Crippen LogP contribution in [0.1, 0.15) is 26.7 Å². The van der Waals surface area contributed by atoms with E-state index in [2.05, 4.69) is 11.6 Å². The van der Waals surface area contributed by atoms with E-state index in [9.17, 15) is 13.2 Å². The molecule has 2 aliphatic heterocycles. The molecule has 2 unspecified atom stereocenters. The van der Waals surface area contributed by atoms with E-state index in [0.29, 0.717) is 18.8 Å². The smallest absolute Gasteiger partial charge is 0.319 e. The molecule has 0 aromatic carbocycles. The molecule has 0 aromatic heterocycles. The Bertz CT molecular complexity index is 710. The Balaban J connectivity index is 2.08. The molecule has 3 nitrogen and oxygen atoms in total. The van der Waals surface area contributed by atoms with Crippen LogP contribution in [-0.2, 0) is 0 Å². The van der Waals surface area contributed by atoms with Crippen molar-refractivity contribution in [3.63, 3.8) is 0 Å². The first-order chi connectivity index (χ1) is 11.3. The van der Waals surface area contributed by atoms with Gasteiger partial charge >= 0.3 is 6.18 Å². The number of fused-ring (bicyclic) bond motifs is 1. The SMILES string of the molecule is C=C(CC)N1C(C2=CC=NCC2)=NC2C=CC(C(F)(F)F)=CC21C. The monoisotopic (exact) mass is 335 g/mol. The van der Waals surface area contributed by atoms with E-state index in [1.54, 1.807) is 19.2 Å². The summed E-state index contributed by atoms with van der Waals surface area (Å²) >= 11 is 0. The van der Waals surface area contributed by atoms with Crippen molar-refractivity contribution in [3.05, 3.63) is 47.7 Å². The Morgan fingerprint density at radius 2 is 2.21 bits per heavy atom. The van der Waals surface area contributed by atoms with Gasteiger partial charge in [0.1, 0.15) is 5.84 Å². The molecular weight excluding hydrogens is 315 g/mol. The second-order valence-electron chi connectivity index (χ2n) is 6.33. The molecule has 0 N–H and O–H groups in total. The van der Waals surface area contributed by atoms with Crippen molar-refractivity contribution in [2.45, 2.75) is 44.4 Å². The van der Waals surface area contributed by atoms with Crippen molar-refractivity contribution in [1.82, 2.24) is 4.90 Å². The molecule has 0 aromatic rings. The molecule has 0 bridgehead atoms. The van der Waals surface area contributed by atoms with Crippen molar-refractivity contribution in [2.24, 2.45) is 9.98 Å². The number of alkyl halides is 3. The first-order valence-electron chi connectivity index (χ1n) is 8.01. The Kier molecular flexibility index (Phi) is 4.01. The largest absolute Gasteiger partial charge is 0.416 e. The van der Waals surface area contributed by atoms with Crippen LogP contribution in [0.3, 0.4) is 0 Å². The first kappa shape index (κ1) is 16.7. The minimum Gasteiger partial charge on any atom is -0.319 e. The third-order valence-corrected chi connectivity index (χ3v) is 4.69. The van der Waals surface area contributed by atoms with E-state index in [-0.39, 0.29) is 6.04 Å². The van der Waals surface area contributed by atoms with Gasteiger partial charge in [0.05, 0.1) is 17.2 Å². The number of allylic oxidation sites excluding steroid dienone is 4. The summed E-state index contributed by atoms with van der Waals surface area (Å²) in [6, 6.07) is -0.360. The molecule has 0 radical (unpaired) electrons. The third kappa shape index (κ3) is 2.64. The van der Waals surface area contributed by atoms with Crippen LogP contribution in [0.15, 0.2) is 57.7 Å². The zero-order valence-corrected chi connectivity index (χ0v) is 13.8. The average molecular weight is 335 g/mol. The predicted molar refractivity (Wildman–Crippen MR) is 90.2 cm³/mol. The molecule has 3 rings (SSSR count). The summed E-state index contributed by atoms with van der Waals surface area (Å²) in [7, 11) is 0. The van der Waals surface area contributed by atoms with Gasteiger partial charge in [0.2, 0.25) is 0 Å². The Labute approximate surface area is 139 Å². The highest BCUT2D eigenvalue weighted by molar-refractivity contribution is 6.05. The fourth-order valence-electron chi connectivity index (χ4n) is 3.35. The number of dihydropyridines is 1. The summed E-state index contributed by atoms with van der Waals surface area (Å²) < 4.78 is 39.6. The van der Waals surface area contributed by atoms with Crippen LogP contribution >= 0.6 is 0 Å². The Hall–Kier alpha value is -2.11. The number of aliphatic imine (C=N–C) groups is 2. The van der Waals surface area contributed by atoms with Crippen molar-refractivity contribution in [1.29, 1.82) is 0 Å². The number of hydrogen-bond acceptors (Lipinski definition) is 3. The molecular formula is C18H20F3N3. The highest BCUT2D eigenvalue weighted by Crippen LogP contribution is 2.43. The summed E-state index contributed by atoms with van der Waals surface area (Å²) in [6.45, 7) is 8.48. The van der Waals surface area contributed by atoms with Gasteiger partial charge in [0.25, 0.3) is 0 Å². The molecule has 128 valence electrons. The summed E-state index contributed by atoms with van der Waals surface area (Å²) in [5.41, 5.74) is 0.226. The lowest BCUT2D eigenvalue weighted by Gasteiger charge is -2.41. The van der Waals surface area contributed by atoms with E-state index >= 15 is 0 Å². The van der Waals surface area contributed by atoms with E-state index < -0.39 is 17.3 Å². The zero-order chi connectivity index (χ0) is 17.5. The molecule has 0 saturated heterocycles. The standard InChI is InChI=1S/C18H20F3N3/c1-4-12(2)24-16(13-7-9-22-10-8-13)23-15-6-5-14(18(19,20)21)11-17(15,24)3/h5-7,9,11,15H,2,4,8,10H2,1,3H3. The highest BCUT2D eigenvalue weighted by Gasteiger charge is 2.49. The minimum atomic E-state index is -4.37. The molecule has 2 atom stereocenters. The van der Waals surface area contributed by atoms with Crippen LogP contribution in [0.25, 0.3) is 0 Å². The summed E-state index contributed by atoms with van der Waals surface area (Å²) in [6.07, 6.45) is 4.57. The van der Waals surface area contributed by atoms with Crippen LogP contribution in [0.5, 0.6) is 0 Å². The van der Waals surface area contributed by atoms with Crippen LogP contribution in [0.2, 0.25) is 0 Å². The molecule has 2 heterocycles. The van der Waals surface area contributed by atoms with E-state index in [1.807, 2.05) is 17.9 Å². The maximum absolute atomic E-state index is 13.2. The van der Waals surface area contributed by atoms with Crippen molar-refractivity contribution >= 4 is 12.1 Å². The number of halogens is 3. The number of hydrogen-bond donors (Lipinski definition) is 0. The van der Waals surface area contributed by atoms with Gasteiger partial charge in [0.15, 0.2) is 0 Å². The maximum atomic E-state index is 13.2. The van der Waals surface area contributed by atoms with Gasteiger partial charge in [-0.25, -0.2) is 0 Å².